The van der Waals surface area contributed by atoms with Gasteiger partial charge in [-0.05, 0) is 48.3 Å². The third-order valence-corrected chi connectivity index (χ3v) is 4.97. The Hall–Kier alpha value is -2.46. The van der Waals surface area contributed by atoms with Crippen molar-refractivity contribution in [1.29, 1.82) is 0 Å². The summed E-state index contributed by atoms with van der Waals surface area (Å²) >= 11 is 1.51. The van der Waals surface area contributed by atoms with Crippen LogP contribution < -0.4 is 10.6 Å². The number of allylic oxidation sites excluding steroid dienone is 2. The first kappa shape index (κ1) is 17.4. The van der Waals surface area contributed by atoms with E-state index in [1.165, 1.54) is 17.3 Å². The molecule has 3 nitrogen and oxygen atoms in total. The number of carbonyl (C=O) groups is 1. The zero-order chi connectivity index (χ0) is 17.6. The third-order valence-electron chi connectivity index (χ3n) is 3.94. The van der Waals surface area contributed by atoms with E-state index in [0.717, 1.165) is 28.1 Å². The van der Waals surface area contributed by atoms with Gasteiger partial charge in [0, 0.05) is 5.69 Å². The summed E-state index contributed by atoms with van der Waals surface area (Å²) in [5.41, 5.74) is 4.35. The van der Waals surface area contributed by atoms with Gasteiger partial charge in [-0.2, -0.15) is 0 Å². The summed E-state index contributed by atoms with van der Waals surface area (Å²) in [6.45, 7) is 4.15. The number of nitrogens with one attached hydrogen (secondary N) is 2. The number of carbonyl (C=O) groups excluding carboxylic acids is 1. The molecular weight excluding hydrogens is 328 g/mol. The van der Waals surface area contributed by atoms with E-state index in [-0.39, 0.29) is 11.4 Å². The molecule has 1 atom stereocenters. The number of aryl methyl sites for hydroxylation is 1. The highest BCUT2D eigenvalue weighted by Crippen LogP contribution is 2.29. The first-order chi connectivity index (χ1) is 12.1. The van der Waals surface area contributed by atoms with Crippen molar-refractivity contribution < 1.29 is 4.79 Å². The fourth-order valence-electron chi connectivity index (χ4n) is 2.61. The average Bonchev–Trinajstić information content (AvgIpc) is 2.95. The molecule has 1 heterocycles. The van der Waals surface area contributed by atoms with Gasteiger partial charge in [0.05, 0.1) is 4.91 Å². The highest BCUT2D eigenvalue weighted by Gasteiger charge is 2.26. The largest absolute Gasteiger partial charge is 0.357 e. The van der Waals surface area contributed by atoms with Crippen molar-refractivity contribution in [2.45, 2.75) is 25.8 Å². The van der Waals surface area contributed by atoms with Gasteiger partial charge >= 0.3 is 0 Å². The molecule has 0 aliphatic carbocycles. The van der Waals surface area contributed by atoms with Gasteiger partial charge in [0.25, 0.3) is 5.91 Å². The van der Waals surface area contributed by atoms with Crippen LogP contribution in [-0.2, 0) is 11.2 Å². The Morgan fingerprint density at radius 2 is 1.88 bits per heavy atom. The van der Waals surface area contributed by atoms with E-state index in [1.54, 1.807) is 0 Å². The molecule has 2 aromatic rings. The molecular formula is C21H22N2OS. The zero-order valence-electron chi connectivity index (χ0n) is 14.5. The molecule has 4 heteroatoms. The van der Waals surface area contributed by atoms with Gasteiger partial charge in [-0.15, -0.1) is 0 Å². The number of anilines is 1. The normalized spacial score (nSPS) is 19.1. The van der Waals surface area contributed by atoms with Crippen LogP contribution in [0.15, 0.2) is 71.2 Å². The van der Waals surface area contributed by atoms with Crippen LogP contribution in [0.2, 0.25) is 0 Å². The van der Waals surface area contributed by atoms with Crippen molar-refractivity contribution in [3.63, 3.8) is 0 Å². The highest BCUT2D eigenvalue weighted by atomic mass is 32.2. The predicted octanol–water partition coefficient (Wildman–Crippen LogP) is 4.79. The lowest BCUT2D eigenvalue weighted by molar-refractivity contribution is -0.116. The van der Waals surface area contributed by atoms with Crippen LogP contribution in [0.1, 0.15) is 25.0 Å². The number of thioether (sulfide) groups is 1. The lowest BCUT2D eigenvalue weighted by Crippen LogP contribution is -2.30. The summed E-state index contributed by atoms with van der Waals surface area (Å²) < 4.78 is 0. The smallest absolute Gasteiger partial charge is 0.260 e. The van der Waals surface area contributed by atoms with E-state index in [4.69, 9.17) is 0 Å². The Morgan fingerprint density at radius 1 is 1.16 bits per heavy atom. The van der Waals surface area contributed by atoms with Crippen molar-refractivity contribution in [2.24, 2.45) is 0 Å². The second kappa shape index (κ2) is 8.08. The van der Waals surface area contributed by atoms with Crippen LogP contribution in [0.3, 0.4) is 0 Å². The van der Waals surface area contributed by atoms with Crippen molar-refractivity contribution in [3.05, 3.63) is 82.3 Å². The maximum Gasteiger partial charge on any atom is 0.260 e. The van der Waals surface area contributed by atoms with E-state index in [0.29, 0.717) is 0 Å². The fourth-order valence-corrected chi connectivity index (χ4v) is 3.65. The van der Waals surface area contributed by atoms with Crippen LogP contribution >= 0.6 is 11.8 Å². The molecule has 1 aliphatic rings. The summed E-state index contributed by atoms with van der Waals surface area (Å²) in [6.07, 6.45) is 5.04. The summed E-state index contributed by atoms with van der Waals surface area (Å²) in [7, 11) is 0. The predicted molar refractivity (Wildman–Crippen MR) is 107 cm³/mol. The Labute approximate surface area is 153 Å². The molecule has 2 aromatic carbocycles. The molecule has 1 aliphatic heterocycles. The van der Waals surface area contributed by atoms with Crippen molar-refractivity contribution >= 4 is 29.4 Å². The highest BCUT2D eigenvalue weighted by molar-refractivity contribution is 8.05. The maximum absolute atomic E-state index is 12.2. The van der Waals surface area contributed by atoms with Crippen LogP contribution in [-0.4, -0.2) is 11.4 Å². The zero-order valence-corrected chi connectivity index (χ0v) is 15.3. The van der Waals surface area contributed by atoms with E-state index in [2.05, 4.69) is 35.8 Å². The van der Waals surface area contributed by atoms with Crippen molar-refractivity contribution in [1.82, 2.24) is 5.32 Å². The quantitative estimate of drug-likeness (QED) is 0.762. The van der Waals surface area contributed by atoms with Crippen molar-refractivity contribution in [3.8, 4) is 0 Å². The minimum absolute atomic E-state index is 0.0338. The number of hydrogen-bond acceptors (Lipinski definition) is 3. The van der Waals surface area contributed by atoms with Gasteiger partial charge in [-0.3, -0.25) is 4.79 Å². The fraction of sp³-hybridized carbons (Fsp3) is 0.190. The van der Waals surface area contributed by atoms with E-state index >= 15 is 0 Å². The van der Waals surface area contributed by atoms with Crippen LogP contribution in [0.25, 0.3) is 6.08 Å². The summed E-state index contributed by atoms with van der Waals surface area (Å²) in [5.74, 6) is -0.0338. The molecule has 25 heavy (non-hydrogen) atoms. The van der Waals surface area contributed by atoms with E-state index in [1.807, 2.05) is 55.5 Å². The van der Waals surface area contributed by atoms with Crippen molar-refractivity contribution in [2.75, 3.05) is 5.32 Å². The van der Waals surface area contributed by atoms with Gasteiger partial charge in [0.2, 0.25) is 0 Å². The first-order valence-electron chi connectivity index (χ1n) is 8.42. The van der Waals surface area contributed by atoms with Crippen LogP contribution in [0.5, 0.6) is 0 Å². The second-order valence-electron chi connectivity index (χ2n) is 5.97. The van der Waals surface area contributed by atoms with E-state index < -0.39 is 0 Å². The van der Waals surface area contributed by atoms with E-state index in [9.17, 15) is 4.79 Å². The molecule has 3 rings (SSSR count). The summed E-state index contributed by atoms with van der Waals surface area (Å²) in [4.78, 5) is 12.9. The number of hydrogen-bond donors (Lipinski definition) is 2. The SMILES string of the molecule is CCc1ccc(N[C@@H]2NC(=O)/C(=C/C(C)=C/c3ccccc3)S2)cc1. The van der Waals surface area contributed by atoms with Gasteiger partial charge in [-0.25, -0.2) is 0 Å². The second-order valence-corrected chi connectivity index (χ2v) is 7.12. The minimum atomic E-state index is -0.143. The maximum atomic E-state index is 12.2. The molecule has 0 bridgehead atoms. The average molecular weight is 350 g/mol. The topological polar surface area (TPSA) is 41.1 Å². The Balaban J connectivity index is 1.66. The van der Waals surface area contributed by atoms with Gasteiger partial charge in [0.1, 0.15) is 0 Å². The van der Waals surface area contributed by atoms with Gasteiger partial charge in [0.15, 0.2) is 5.50 Å². The molecule has 1 amide bonds. The first-order valence-corrected chi connectivity index (χ1v) is 9.30. The lowest BCUT2D eigenvalue weighted by Gasteiger charge is -2.12. The summed E-state index contributed by atoms with van der Waals surface area (Å²) in [5, 5.41) is 6.31. The Kier molecular flexibility index (Phi) is 5.61. The monoisotopic (exact) mass is 350 g/mol. The Morgan fingerprint density at radius 3 is 2.56 bits per heavy atom. The standard InChI is InChI=1S/C21H22N2OS/c1-3-16-9-11-18(12-10-16)22-21-23-20(24)19(25-21)14-15(2)13-17-7-5-4-6-8-17/h4-14,21-22H,3H2,1-2H3,(H,23,24)/b15-13+,19-14-/t21-/m1/s1. The molecule has 1 fully saturated rings. The van der Waals surface area contributed by atoms with Gasteiger partial charge in [-0.1, -0.05) is 67.2 Å². The molecule has 128 valence electrons. The molecule has 0 radical (unpaired) electrons. The lowest BCUT2D eigenvalue weighted by atomic mass is 10.1. The van der Waals surface area contributed by atoms with Crippen LogP contribution in [0.4, 0.5) is 5.69 Å². The molecule has 0 saturated carbocycles. The Bertz CT molecular complexity index is 794. The minimum Gasteiger partial charge on any atom is -0.357 e. The summed E-state index contributed by atoms with van der Waals surface area (Å²) in [6, 6.07) is 18.4. The number of rotatable bonds is 5. The van der Waals surface area contributed by atoms with Gasteiger partial charge < -0.3 is 10.6 Å². The third kappa shape index (κ3) is 4.77. The number of amides is 1. The molecule has 0 unspecified atom stereocenters. The molecule has 0 aromatic heterocycles. The molecule has 2 N–H and O–H groups in total. The number of benzene rings is 2. The molecule has 0 spiro atoms. The molecule has 1 saturated heterocycles. The van der Waals surface area contributed by atoms with Crippen LogP contribution in [0, 0.1) is 0 Å².